The van der Waals surface area contributed by atoms with Gasteiger partial charge in [0, 0.05) is 10.8 Å². The molecule has 4 aliphatic carbocycles. The summed E-state index contributed by atoms with van der Waals surface area (Å²) in [5.74, 6) is 3.24. The summed E-state index contributed by atoms with van der Waals surface area (Å²) < 4.78 is 0. The molecule has 0 aromatic carbocycles. The summed E-state index contributed by atoms with van der Waals surface area (Å²) in [6.45, 7) is 0. The summed E-state index contributed by atoms with van der Waals surface area (Å²) in [5, 5.41) is 0.806. The Hall–Kier alpha value is 0.580. The minimum absolute atomic E-state index is 0.403. The Morgan fingerprint density at radius 2 is 1.33 bits per heavy atom. The van der Waals surface area contributed by atoms with Crippen molar-refractivity contribution in [3.8, 4) is 0 Å². The molecular weight excluding hydrogens is 191 g/mol. The van der Waals surface area contributed by atoms with Crippen molar-refractivity contribution in [2.24, 2.45) is 23.7 Å². The zero-order chi connectivity index (χ0) is 8.29. The third-order valence-electron chi connectivity index (χ3n) is 4.20. The average molecular weight is 205 g/mol. The van der Waals surface area contributed by atoms with Gasteiger partial charge in [0.05, 0.1) is 0 Å². The molecule has 12 heavy (non-hydrogen) atoms. The molecule has 0 spiro atoms. The van der Waals surface area contributed by atoms with Gasteiger partial charge in [-0.05, 0) is 49.4 Å². The topological polar surface area (TPSA) is 0 Å². The van der Waals surface area contributed by atoms with Gasteiger partial charge >= 0.3 is 0 Å². The molecule has 0 N–H and O–H groups in total. The fraction of sp³-hybridized carbons (Fsp3) is 1.00. The molecule has 0 aliphatic heterocycles. The minimum atomic E-state index is 0.403. The maximum absolute atomic E-state index is 6.38. The molecular formula is C10H14Cl2. The molecule has 2 heteroatoms. The lowest BCUT2D eigenvalue weighted by atomic mass is 9.56. The average Bonchev–Trinajstić information content (AvgIpc) is 2.07. The maximum atomic E-state index is 6.38. The van der Waals surface area contributed by atoms with E-state index in [0.29, 0.717) is 16.7 Å². The fourth-order valence-electron chi connectivity index (χ4n) is 3.77. The summed E-state index contributed by atoms with van der Waals surface area (Å²) in [4.78, 5) is 0. The first kappa shape index (κ1) is 7.94. The van der Waals surface area contributed by atoms with Gasteiger partial charge in [-0.1, -0.05) is 0 Å². The molecule has 4 bridgehead atoms. The van der Waals surface area contributed by atoms with Gasteiger partial charge in [-0.2, -0.15) is 0 Å². The number of rotatable bonds is 0. The van der Waals surface area contributed by atoms with Gasteiger partial charge in [0.2, 0.25) is 0 Å². The van der Waals surface area contributed by atoms with E-state index in [4.69, 9.17) is 23.2 Å². The number of hydrogen-bond acceptors (Lipinski definition) is 0. The van der Waals surface area contributed by atoms with Crippen LogP contribution in [0.25, 0.3) is 0 Å². The summed E-state index contributed by atoms with van der Waals surface area (Å²) >= 11 is 12.8. The first-order valence-electron chi connectivity index (χ1n) is 5.04. The van der Waals surface area contributed by atoms with Crippen LogP contribution in [0.15, 0.2) is 0 Å². The van der Waals surface area contributed by atoms with Gasteiger partial charge < -0.3 is 0 Å². The summed E-state index contributed by atoms with van der Waals surface area (Å²) in [6.07, 6.45) is 5.42. The van der Waals surface area contributed by atoms with Crippen LogP contribution in [0.5, 0.6) is 0 Å². The van der Waals surface area contributed by atoms with E-state index in [-0.39, 0.29) is 0 Å². The van der Waals surface area contributed by atoms with Gasteiger partial charge in [-0.25, -0.2) is 0 Å². The number of hydrogen-bond donors (Lipinski definition) is 0. The zero-order valence-corrected chi connectivity index (χ0v) is 8.56. The highest BCUT2D eigenvalue weighted by Gasteiger charge is 2.52. The van der Waals surface area contributed by atoms with E-state index in [0.717, 1.165) is 17.8 Å². The van der Waals surface area contributed by atoms with Gasteiger partial charge in [0.25, 0.3) is 0 Å². The van der Waals surface area contributed by atoms with Gasteiger partial charge in [0.15, 0.2) is 0 Å². The van der Waals surface area contributed by atoms with E-state index in [1.54, 1.807) is 0 Å². The summed E-state index contributed by atoms with van der Waals surface area (Å²) in [6, 6.07) is 0. The zero-order valence-electron chi connectivity index (χ0n) is 7.05. The molecule has 0 aromatic heterocycles. The van der Waals surface area contributed by atoms with Crippen LogP contribution < -0.4 is 0 Å². The Morgan fingerprint density at radius 3 is 1.92 bits per heavy atom. The van der Waals surface area contributed by atoms with Crippen molar-refractivity contribution < 1.29 is 0 Å². The Bertz CT molecular complexity index is 186. The Morgan fingerprint density at radius 1 is 0.750 bits per heavy atom. The molecule has 0 heterocycles. The lowest BCUT2D eigenvalue weighted by molar-refractivity contribution is 0.0288. The van der Waals surface area contributed by atoms with Crippen LogP contribution >= 0.6 is 23.2 Å². The predicted octanol–water partition coefficient (Wildman–Crippen LogP) is 3.27. The van der Waals surface area contributed by atoms with Crippen LogP contribution in [0, 0.1) is 23.7 Å². The molecule has 4 atom stereocenters. The van der Waals surface area contributed by atoms with Crippen LogP contribution in [0.3, 0.4) is 0 Å². The van der Waals surface area contributed by atoms with Crippen molar-refractivity contribution in [1.29, 1.82) is 0 Å². The lowest BCUT2D eigenvalue weighted by Crippen LogP contribution is -2.52. The summed E-state index contributed by atoms with van der Waals surface area (Å²) in [7, 11) is 0. The van der Waals surface area contributed by atoms with Crippen LogP contribution in [0.1, 0.15) is 25.7 Å². The molecule has 0 amide bonds. The molecule has 0 radical (unpaired) electrons. The molecule has 4 saturated carbocycles. The summed E-state index contributed by atoms with van der Waals surface area (Å²) in [5.41, 5.74) is 0. The highest BCUT2D eigenvalue weighted by atomic mass is 35.5. The van der Waals surface area contributed by atoms with Crippen LogP contribution in [0.4, 0.5) is 0 Å². The van der Waals surface area contributed by atoms with Crippen molar-refractivity contribution in [3.05, 3.63) is 0 Å². The maximum Gasteiger partial charge on any atom is 0.0406 e. The molecule has 0 saturated heterocycles. The molecule has 0 nitrogen and oxygen atoms in total. The monoisotopic (exact) mass is 204 g/mol. The Labute approximate surface area is 83.6 Å². The van der Waals surface area contributed by atoms with Gasteiger partial charge in [0.1, 0.15) is 0 Å². The standard InChI is InChI=1S/C10H14Cl2/c11-9-6-1-5-2-7(4-6)10(12)8(9)3-5/h5-10H,1-4H2/t5?,6?,7?,8?,9-,10-/m0/s1. The van der Waals surface area contributed by atoms with Gasteiger partial charge in [-0.15, -0.1) is 23.2 Å². The van der Waals surface area contributed by atoms with Crippen molar-refractivity contribution in [1.82, 2.24) is 0 Å². The van der Waals surface area contributed by atoms with Crippen molar-refractivity contribution in [2.45, 2.75) is 36.4 Å². The van der Waals surface area contributed by atoms with E-state index in [9.17, 15) is 0 Å². The third kappa shape index (κ3) is 0.915. The van der Waals surface area contributed by atoms with E-state index in [2.05, 4.69) is 0 Å². The number of halogens is 2. The van der Waals surface area contributed by atoms with Crippen LogP contribution in [0.2, 0.25) is 0 Å². The molecule has 2 unspecified atom stereocenters. The second kappa shape index (κ2) is 2.54. The predicted molar refractivity (Wildman–Crippen MR) is 51.7 cm³/mol. The first-order valence-corrected chi connectivity index (χ1v) is 5.91. The molecule has 0 aromatic rings. The second-order valence-electron chi connectivity index (χ2n) is 4.88. The third-order valence-corrected chi connectivity index (χ3v) is 5.56. The van der Waals surface area contributed by atoms with E-state index >= 15 is 0 Å². The SMILES string of the molecule is Cl[C@H]1C2CC3CC(C2)[C@H](Cl)C1C3. The Kier molecular flexibility index (Phi) is 1.68. The smallest absolute Gasteiger partial charge is 0.0406 e. The molecule has 68 valence electrons. The Balaban J connectivity index is 1.93. The highest BCUT2D eigenvalue weighted by molar-refractivity contribution is 6.24. The highest BCUT2D eigenvalue weighted by Crippen LogP contribution is 2.57. The van der Waals surface area contributed by atoms with Crippen molar-refractivity contribution in [2.75, 3.05) is 0 Å². The fourth-order valence-corrected chi connectivity index (χ4v) is 4.77. The van der Waals surface area contributed by atoms with Gasteiger partial charge in [-0.3, -0.25) is 0 Å². The quantitative estimate of drug-likeness (QED) is 0.532. The van der Waals surface area contributed by atoms with E-state index in [1.165, 1.54) is 25.7 Å². The second-order valence-corrected chi connectivity index (χ2v) is 5.89. The first-order chi connectivity index (χ1) is 5.75. The van der Waals surface area contributed by atoms with Crippen molar-refractivity contribution in [3.63, 3.8) is 0 Å². The van der Waals surface area contributed by atoms with E-state index in [1.807, 2.05) is 0 Å². The van der Waals surface area contributed by atoms with Crippen molar-refractivity contribution >= 4 is 23.2 Å². The normalized spacial score (nSPS) is 62.5. The largest absolute Gasteiger partial charge is 0.122 e. The van der Waals surface area contributed by atoms with Crippen LogP contribution in [-0.4, -0.2) is 10.8 Å². The number of alkyl halides is 2. The molecule has 4 aliphatic rings. The lowest BCUT2D eigenvalue weighted by Gasteiger charge is -2.54. The van der Waals surface area contributed by atoms with E-state index < -0.39 is 0 Å². The molecule has 4 fully saturated rings. The van der Waals surface area contributed by atoms with Crippen LogP contribution in [-0.2, 0) is 0 Å². The minimum Gasteiger partial charge on any atom is -0.122 e. The molecule has 4 rings (SSSR count).